The number of primary sulfonamides is 1. The number of ketones is 1. The number of amides is 1. The molecular formula is C65H85N4O12S3+. The SMILES string of the molecule is CCCCCN1/C(=C/C=C2\CCCC(/C=C/C3=[N+](CCCCS(=O)(=O)O)c4ccc(S(=O)(=O)O)cc4C3(C)C)=C2c2ccc(CCCCC(=O)CCCOCCOCCNC(=O)c3ccc(S(N)(=O)=O)cc3)cc2)C(C)(C)c2cc(C)ccc21. The number of carbonyl (C=O) groups is 2. The van der Waals surface area contributed by atoms with Crippen LogP contribution in [0, 0.1) is 6.92 Å². The Kier molecular flexibility index (Phi) is 22.7. The number of nitrogens with two attached hydrogens (primary N) is 1. The number of fused-ring (bicyclic) bond motifs is 2. The van der Waals surface area contributed by atoms with Gasteiger partial charge in [0.2, 0.25) is 15.7 Å². The van der Waals surface area contributed by atoms with Crippen LogP contribution in [0.15, 0.2) is 136 Å². The van der Waals surface area contributed by atoms with Gasteiger partial charge in [-0.15, -0.1) is 0 Å². The average Bonchev–Trinajstić information content (AvgIpc) is 1.82. The molecule has 7 rings (SSSR count). The number of anilines is 1. The van der Waals surface area contributed by atoms with E-state index in [4.69, 9.17) is 14.6 Å². The molecule has 1 aliphatic carbocycles. The number of benzene rings is 4. The van der Waals surface area contributed by atoms with Gasteiger partial charge in [0.05, 0.1) is 40.8 Å². The van der Waals surface area contributed by atoms with Gasteiger partial charge < -0.3 is 19.7 Å². The van der Waals surface area contributed by atoms with Crippen LogP contribution in [-0.4, -0.2) is 108 Å². The van der Waals surface area contributed by atoms with Crippen molar-refractivity contribution in [1.29, 1.82) is 0 Å². The van der Waals surface area contributed by atoms with Crippen molar-refractivity contribution in [2.75, 3.05) is 56.7 Å². The quantitative estimate of drug-likeness (QED) is 0.0209. The molecule has 19 heteroatoms. The van der Waals surface area contributed by atoms with Gasteiger partial charge in [-0.3, -0.25) is 18.7 Å². The van der Waals surface area contributed by atoms with E-state index in [-0.39, 0.29) is 52.2 Å². The van der Waals surface area contributed by atoms with Crippen LogP contribution in [0.25, 0.3) is 5.57 Å². The van der Waals surface area contributed by atoms with Crippen LogP contribution >= 0.6 is 0 Å². The van der Waals surface area contributed by atoms with Gasteiger partial charge in [0.25, 0.3) is 26.1 Å². The van der Waals surface area contributed by atoms with Crippen LogP contribution in [0.1, 0.15) is 156 Å². The Morgan fingerprint density at radius 2 is 1.43 bits per heavy atom. The molecule has 454 valence electrons. The Morgan fingerprint density at radius 3 is 2.12 bits per heavy atom. The zero-order valence-corrected chi connectivity index (χ0v) is 52.1. The summed E-state index contributed by atoms with van der Waals surface area (Å²) in [6.07, 6.45) is 19.6. The number of carbonyl (C=O) groups excluding carboxylic acids is 2. The second-order valence-electron chi connectivity index (χ2n) is 23.2. The Morgan fingerprint density at radius 1 is 0.726 bits per heavy atom. The largest absolute Gasteiger partial charge is 0.379 e. The molecule has 0 atom stereocenters. The zero-order chi connectivity index (χ0) is 60.9. The maximum Gasteiger partial charge on any atom is 0.294 e. The fourth-order valence-corrected chi connectivity index (χ4v) is 13.2. The lowest BCUT2D eigenvalue weighted by atomic mass is 9.79. The minimum atomic E-state index is -4.50. The molecular weight excluding hydrogens is 1120 g/mol. The van der Waals surface area contributed by atoms with Crippen LogP contribution in [-0.2, 0) is 61.8 Å². The molecule has 0 unspecified atom stereocenters. The second kappa shape index (κ2) is 29.0. The topological polar surface area (TPSA) is 240 Å². The van der Waals surface area contributed by atoms with Gasteiger partial charge in [0, 0.05) is 79.0 Å². The maximum atomic E-state index is 12.8. The van der Waals surface area contributed by atoms with Crippen molar-refractivity contribution in [3.8, 4) is 0 Å². The molecule has 0 aromatic heterocycles. The van der Waals surface area contributed by atoms with E-state index < -0.39 is 35.7 Å². The molecule has 1 amide bonds. The number of sulfonamides is 1. The average molecular weight is 1210 g/mol. The Bertz CT molecular complexity index is 3530. The van der Waals surface area contributed by atoms with Crippen molar-refractivity contribution in [3.05, 3.63) is 159 Å². The zero-order valence-electron chi connectivity index (χ0n) is 49.6. The molecule has 16 nitrogen and oxygen atoms in total. The molecule has 0 spiro atoms. The van der Waals surface area contributed by atoms with Crippen molar-refractivity contribution in [2.45, 2.75) is 152 Å². The summed E-state index contributed by atoms with van der Waals surface area (Å²) in [6, 6.07) is 25.5. The number of allylic oxidation sites excluding steroid dienone is 8. The summed E-state index contributed by atoms with van der Waals surface area (Å²) in [5, 5.41) is 7.83. The van der Waals surface area contributed by atoms with E-state index >= 15 is 0 Å². The normalized spacial score (nSPS) is 17.0. The van der Waals surface area contributed by atoms with Crippen LogP contribution in [0.2, 0.25) is 0 Å². The Balaban J connectivity index is 1.03. The molecule has 0 fully saturated rings. The van der Waals surface area contributed by atoms with Crippen LogP contribution in [0.3, 0.4) is 0 Å². The summed E-state index contributed by atoms with van der Waals surface area (Å²) in [5.41, 5.74) is 12.7. The monoisotopic (exact) mass is 1210 g/mol. The lowest BCUT2D eigenvalue weighted by molar-refractivity contribution is -0.438. The molecule has 2 heterocycles. The highest BCUT2D eigenvalue weighted by molar-refractivity contribution is 7.89. The second-order valence-corrected chi connectivity index (χ2v) is 27.8. The van der Waals surface area contributed by atoms with Gasteiger partial charge in [-0.05, 0) is 161 Å². The molecule has 5 N–H and O–H groups in total. The summed E-state index contributed by atoms with van der Waals surface area (Å²) in [4.78, 5) is 27.4. The van der Waals surface area contributed by atoms with Gasteiger partial charge in [0.1, 0.15) is 12.3 Å². The first-order chi connectivity index (χ1) is 39.8. The van der Waals surface area contributed by atoms with Gasteiger partial charge in [-0.1, -0.05) is 87.7 Å². The number of nitrogens with zero attached hydrogens (tertiary/aromatic N) is 2. The number of Topliss-reactive ketones (excluding diaryl/α,β-unsaturated/α-hetero) is 1. The molecule has 4 aromatic rings. The highest BCUT2D eigenvalue weighted by Gasteiger charge is 2.45. The number of aryl methyl sites for hydroxylation is 2. The van der Waals surface area contributed by atoms with E-state index in [2.05, 4.69) is 109 Å². The van der Waals surface area contributed by atoms with Crippen LogP contribution in [0.5, 0.6) is 0 Å². The van der Waals surface area contributed by atoms with E-state index in [0.717, 1.165) is 98.0 Å². The number of rotatable bonds is 31. The van der Waals surface area contributed by atoms with E-state index in [9.17, 15) is 43.9 Å². The first-order valence-corrected chi connectivity index (χ1v) is 34.0. The standard InChI is InChI=1S/C65H84N4O12S3/c1-7-8-11-38-68-58-33-21-47(2)45-56(58)64(3,4)60(68)35-28-49-17-14-18-50(29-36-61-65(5,6)57-46-55(84(77,78)79)32-34-59(57)69(61)39-12-13-44-82(72,73)74)62(49)51-24-22-48(23-25-51)16-9-10-19-53(70)20-15-40-80-42-43-81-41-37-67-63(71)52-26-30-54(31-27-52)83(66,75)76/h21-36,45-46H,7-20,37-44H2,1-6H3,(H4-,66,67,71,72,73,74,75,76,77,78,79)/p+1. The highest BCUT2D eigenvalue weighted by atomic mass is 32.2. The van der Waals surface area contributed by atoms with E-state index in [1.54, 1.807) is 6.07 Å². The number of hydrogen-bond acceptors (Lipinski definition) is 11. The number of hydrogen-bond donors (Lipinski definition) is 4. The molecule has 0 saturated carbocycles. The minimum absolute atomic E-state index is 0.0712. The summed E-state index contributed by atoms with van der Waals surface area (Å²) in [7, 11) is -12.5. The van der Waals surface area contributed by atoms with Crippen LogP contribution < -0.4 is 15.4 Å². The van der Waals surface area contributed by atoms with E-state index in [1.165, 1.54) is 70.0 Å². The molecule has 0 saturated heterocycles. The molecule has 0 bridgehead atoms. The lowest BCUT2D eigenvalue weighted by Crippen LogP contribution is -2.28. The van der Waals surface area contributed by atoms with Gasteiger partial charge in [-0.2, -0.15) is 21.4 Å². The lowest BCUT2D eigenvalue weighted by Gasteiger charge is -2.28. The first-order valence-electron chi connectivity index (χ1n) is 29.4. The van der Waals surface area contributed by atoms with Gasteiger partial charge in [-0.25, -0.2) is 13.6 Å². The molecule has 3 aliphatic rings. The fraction of sp³-hybridized carbons (Fsp3) is 0.462. The third-order valence-corrected chi connectivity index (χ3v) is 18.7. The number of unbranched alkanes of at least 4 members (excludes halogenated alkanes) is 4. The highest BCUT2D eigenvalue weighted by Crippen LogP contribution is 2.49. The number of ether oxygens (including phenoxy) is 2. The van der Waals surface area contributed by atoms with Gasteiger partial charge in [0.15, 0.2) is 5.71 Å². The molecule has 2 aliphatic heterocycles. The summed E-state index contributed by atoms with van der Waals surface area (Å²) >= 11 is 0. The fourth-order valence-electron chi connectivity index (χ4n) is 11.6. The summed E-state index contributed by atoms with van der Waals surface area (Å²) < 4.78 is 104. The summed E-state index contributed by atoms with van der Waals surface area (Å²) in [6.45, 7) is 16.1. The predicted molar refractivity (Wildman–Crippen MR) is 332 cm³/mol. The van der Waals surface area contributed by atoms with E-state index in [1.807, 2.05) is 13.8 Å². The van der Waals surface area contributed by atoms with Crippen molar-refractivity contribution in [2.24, 2.45) is 5.14 Å². The minimum Gasteiger partial charge on any atom is -0.379 e. The first kappa shape index (κ1) is 65.6. The molecule has 84 heavy (non-hydrogen) atoms. The van der Waals surface area contributed by atoms with Gasteiger partial charge >= 0.3 is 0 Å². The van der Waals surface area contributed by atoms with Crippen molar-refractivity contribution in [3.63, 3.8) is 0 Å². The third-order valence-electron chi connectivity index (χ3n) is 16.2. The summed E-state index contributed by atoms with van der Waals surface area (Å²) in [5.74, 6) is -0.527. The third kappa shape index (κ3) is 17.4. The van der Waals surface area contributed by atoms with Crippen molar-refractivity contribution < 1.29 is 58.0 Å². The van der Waals surface area contributed by atoms with Crippen molar-refractivity contribution >= 4 is 64.6 Å². The molecule has 0 radical (unpaired) electrons. The smallest absolute Gasteiger partial charge is 0.294 e. The van der Waals surface area contributed by atoms with Crippen molar-refractivity contribution in [1.82, 2.24) is 5.32 Å². The number of nitrogens with one attached hydrogen (secondary N) is 1. The predicted octanol–water partition coefficient (Wildman–Crippen LogP) is 11.5. The Labute approximate surface area is 498 Å². The Hall–Kier alpha value is -5.90. The maximum absolute atomic E-state index is 12.8. The van der Waals surface area contributed by atoms with Crippen LogP contribution in [0.4, 0.5) is 11.4 Å². The molecule has 4 aromatic carbocycles. The van der Waals surface area contributed by atoms with E-state index in [0.29, 0.717) is 57.6 Å².